The van der Waals surface area contributed by atoms with Gasteiger partial charge >= 0.3 is 0 Å². The summed E-state index contributed by atoms with van der Waals surface area (Å²) in [7, 11) is -2.99. The molecule has 1 aromatic carbocycles. The Bertz CT molecular complexity index is 1180. The van der Waals surface area contributed by atoms with Crippen molar-refractivity contribution in [1.82, 2.24) is 9.55 Å². The van der Waals surface area contributed by atoms with Crippen LogP contribution < -0.4 is 0 Å². The molecule has 3 aromatic rings. The third kappa shape index (κ3) is 3.73. The van der Waals surface area contributed by atoms with Crippen LogP contribution >= 0.6 is 23.4 Å². The lowest BCUT2D eigenvalue weighted by Crippen LogP contribution is -2.14. The van der Waals surface area contributed by atoms with Gasteiger partial charge in [0.15, 0.2) is 21.2 Å². The maximum Gasteiger partial charge on any atom is 0.257 e. The van der Waals surface area contributed by atoms with E-state index in [1.165, 1.54) is 11.8 Å². The number of fused-ring (bicyclic) bond motifs is 1. The molecule has 0 N–H and O–H groups in total. The maximum atomic E-state index is 12.8. The molecular weight excluding hydrogens is 420 g/mol. The Hall–Kier alpha value is -1.77. The smallest absolute Gasteiger partial charge is 0.257 e. The van der Waals surface area contributed by atoms with Crippen LogP contribution in [0.3, 0.4) is 0 Å². The van der Waals surface area contributed by atoms with Crippen molar-refractivity contribution >= 4 is 50.1 Å². The molecule has 3 heterocycles. The number of sulfone groups is 1. The van der Waals surface area contributed by atoms with Crippen LogP contribution in [0.2, 0.25) is 5.02 Å². The molecule has 2 aromatic heterocycles. The van der Waals surface area contributed by atoms with Crippen molar-refractivity contribution in [3.05, 3.63) is 46.2 Å². The summed E-state index contributed by atoms with van der Waals surface area (Å²) >= 11 is 7.19. The van der Waals surface area contributed by atoms with E-state index in [2.05, 4.69) is 4.98 Å². The summed E-state index contributed by atoms with van der Waals surface area (Å²) in [5.74, 6) is 0.492. The molecule has 148 valence electrons. The molecule has 1 aliphatic heterocycles. The van der Waals surface area contributed by atoms with Gasteiger partial charge in [-0.05, 0) is 44.5 Å². The van der Waals surface area contributed by atoms with Crippen molar-refractivity contribution in [2.75, 3.05) is 17.3 Å². The standard InChI is InChI=1S/C19H19ClN2O4S2/c1-11-7-15(12(2)22(11)14-5-6-28(24,25)10-14)17(23)9-27-19-21-16-8-13(20)3-4-18(16)26-19/h3-4,7-8,14H,5-6,9-10H2,1-2H3. The molecular formula is C19H19ClN2O4S2. The van der Waals surface area contributed by atoms with Crippen molar-refractivity contribution in [1.29, 1.82) is 0 Å². The van der Waals surface area contributed by atoms with Gasteiger partial charge in [0.2, 0.25) is 0 Å². The van der Waals surface area contributed by atoms with Crippen molar-refractivity contribution in [3.8, 4) is 0 Å². The zero-order chi connectivity index (χ0) is 20.1. The van der Waals surface area contributed by atoms with Crippen LogP contribution in [0.25, 0.3) is 11.1 Å². The number of benzene rings is 1. The maximum absolute atomic E-state index is 12.8. The summed E-state index contributed by atoms with van der Waals surface area (Å²) in [4.78, 5) is 17.1. The van der Waals surface area contributed by atoms with Gasteiger partial charge in [-0.3, -0.25) is 4.79 Å². The number of carbonyl (C=O) groups is 1. The van der Waals surface area contributed by atoms with E-state index < -0.39 is 9.84 Å². The van der Waals surface area contributed by atoms with E-state index >= 15 is 0 Å². The highest BCUT2D eigenvalue weighted by Gasteiger charge is 2.31. The third-order valence-electron chi connectivity index (χ3n) is 5.02. The SMILES string of the molecule is Cc1cc(C(=O)CSc2nc3cc(Cl)ccc3o2)c(C)n1C1CCS(=O)(=O)C1. The number of aryl methyl sites for hydroxylation is 1. The lowest BCUT2D eigenvalue weighted by atomic mass is 10.2. The second-order valence-corrected chi connectivity index (χ2v) is 10.6. The van der Waals surface area contributed by atoms with Crippen molar-refractivity contribution in [2.24, 2.45) is 0 Å². The van der Waals surface area contributed by atoms with Crippen molar-refractivity contribution < 1.29 is 17.6 Å². The van der Waals surface area contributed by atoms with Crippen molar-refractivity contribution in [2.45, 2.75) is 31.5 Å². The number of oxazole rings is 1. The fourth-order valence-electron chi connectivity index (χ4n) is 3.75. The predicted molar refractivity (Wildman–Crippen MR) is 110 cm³/mol. The largest absolute Gasteiger partial charge is 0.431 e. The summed E-state index contributed by atoms with van der Waals surface area (Å²) < 4.78 is 31.3. The molecule has 0 saturated carbocycles. The van der Waals surface area contributed by atoms with E-state index in [1.807, 2.05) is 24.5 Å². The number of thioether (sulfide) groups is 1. The van der Waals surface area contributed by atoms with Gasteiger partial charge in [0.05, 0.1) is 17.3 Å². The van der Waals surface area contributed by atoms with Crippen LogP contribution in [0.1, 0.15) is 34.2 Å². The number of rotatable bonds is 5. The van der Waals surface area contributed by atoms with Gasteiger partial charge in [-0.25, -0.2) is 13.4 Å². The average molecular weight is 439 g/mol. The minimum absolute atomic E-state index is 0.0366. The molecule has 1 saturated heterocycles. The average Bonchev–Trinajstić information content (AvgIpc) is 3.27. The van der Waals surface area contributed by atoms with Crippen molar-refractivity contribution in [3.63, 3.8) is 0 Å². The molecule has 0 spiro atoms. The van der Waals surface area contributed by atoms with Crippen LogP contribution in [0.5, 0.6) is 0 Å². The van der Waals surface area contributed by atoms with Gasteiger partial charge in [-0.2, -0.15) is 0 Å². The van der Waals surface area contributed by atoms with E-state index in [4.69, 9.17) is 16.0 Å². The quantitative estimate of drug-likeness (QED) is 0.437. The van der Waals surface area contributed by atoms with Gasteiger partial charge in [0.25, 0.3) is 5.22 Å². The first-order chi connectivity index (χ1) is 13.2. The molecule has 0 bridgehead atoms. The lowest BCUT2D eigenvalue weighted by molar-refractivity contribution is 0.102. The highest BCUT2D eigenvalue weighted by molar-refractivity contribution is 7.99. The molecule has 1 aliphatic rings. The Kier molecular flexibility index (Phi) is 5.05. The van der Waals surface area contributed by atoms with E-state index in [1.54, 1.807) is 18.2 Å². The first kappa shape index (κ1) is 19.5. The number of nitrogens with zero attached hydrogens (tertiary/aromatic N) is 2. The summed E-state index contributed by atoms with van der Waals surface area (Å²) in [6.07, 6.45) is 0.590. The van der Waals surface area contributed by atoms with Gasteiger partial charge in [-0.1, -0.05) is 23.4 Å². The van der Waals surface area contributed by atoms with Gasteiger partial charge in [-0.15, -0.1) is 0 Å². The minimum atomic E-state index is -2.99. The number of hydrogen-bond donors (Lipinski definition) is 0. The molecule has 4 rings (SSSR count). The van der Waals surface area contributed by atoms with Crippen LogP contribution in [-0.4, -0.2) is 41.0 Å². The highest BCUT2D eigenvalue weighted by Crippen LogP contribution is 2.31. The first-order valence-corrected chi connectivity index (χ1v) is 12.0. The number of hydrogen-bond acceptors (Lipinski definition) is 6. The first-order valence-electron chi connectivity index (χ1n) is 8.84. The number of ketones is 1. The van der Waals surface area contributed by atoms with Crippen LogP contribution in [-0.2, 0) is 9.84 Å². The molecule has 0 aliphatic carbocycles. The third-order valence-corrected chi connectivity index (χ3v) is 7.83. The number of Topliss-reactive ketones (excluding diaryl/α,β-unsaturated/α-hetero) is 1. The highest BCUT2D eigenvalue weighted by atomic mass is 35.5. The van der Waals surface area contributed by atoms with Gasteiger partial charge < -0.3 is 8.98 Å². The molecule has 1 atom stereocenters. The summed E-state index contributed by atoms with van der Waals surface area (Å²) in [6, 6.07) is 6.94. The number of carbonyl (C=O) groups excluding carboxylic acids is 1. The van der Waals surface area contributed by atoms with E-state index in [0.29, 0.717) is 33.3 Å². The van der Waals surface area contributed by atoms with E-state index in [9.17, 15) is 13.2 Å². The molecule has 6 nitrogen and oxygen atoms in total. The zero-order valence-corrected chi connectivity index (χ0v) is 17.8. The monoisotopic (exact) mass is 438 g/mol. The van der Waals surface area contributed by atoms with Gasteiger partial charge in [0, 0.05) is 28.0 Å². The Labute approximate surface area is 172 Å². The number of aromatic nitrogens is 2. The molecule has 0 radical (unpaired) electrons. The fourth-order valence-corrected chi connectivity index (χ4v) is 6.33. The number of halogens is 1. The van der Waals surface area contributed by atoms with E-state index in [0.717, 1.165) is 11.4 Å². The predicted octanol–water partition coefficient (Wildman–Crippen LogP) is 4.23. The Morgan fingerprint density at radius 2 is 2.14 bits per heavy atom. The second-order valence-electron chi connectivity index (χ2n) is 7.02. The Morgan fingerprint density at radius 1 is 1.36 bits per heavy atom. The molecule has 9 heteroatoms. The normalized spacial score (nSPS) is 18.8. The second kappa shape index (κ2) is 7.24. The minimum Gasteiger partial charge on any atom is -0.431 e. The Morgan fingerprint density at radius 3 is 2.86 bits per heavy atom. The van der Waals surface area contributed by atoms with Crippen LogP contribution in [0, 0.1) is 13.8 Å². The van der Waals surface area contributed by atoms with Gasteiger partial charge in [0.1, 0.15) is 5.52 Å². The molecule has 28 heavy (non-hydrogen) atoms. The summed E-state index contributed by atoms with van der Waals surface area (Å²) in [5.41, 5.74) is 3.62. The molecule has 0 amide bonds. The molecule has 1 fully saturated rings. The fraction of sp³-hybridized carbons (Fsp3) is 0.368. The summed E-state index contributed by atoms with van der Waals surface area (Å²) in [5, 5.41) is 0.996. The van der Waals surface area contributed by atoms with Crippen LogP contribution in [0.4, 0.5) is 0 Å². The van der Waals surface area contributed by atoms with E-state index in [-0.39, 0.29) is 29.1 Å². The Balaban J connectivity index is 1.51. The summed E-state index contributed by atoms with van der Waals surface area (Å²) in [6.45, 7) is 3.78. The molecule has 1 unspecified atom stereocenters. The zero-order valence-electron chi connectivity index (χ0n) is 15.4. The van der Waals surface area contributed by atoms with Crippen LogP contribution in [0.15, 0.2) is 33.9 Å². The lowest BCUT2D eigenvalue weighted by Gasteiger charge is -2.16. The topological polar surface area (TPSA) is 82.2 Å².